The number of fused-ring (bicyclic) bond motifs is 4. The minimum absolute atomic E-state index is 0.151. The van der Waals surface area contributed by atoms with E-state index in [9.17, 15) is 4.79 Å². The molecule has 0 N–H and O–H groups in total. The Hall–Kier alpha value is -1.81. The normalized spacial score (nSPS) is 21.0. The van der Waals surface area contributed by atoms with Crippen molar-refractivity contribution in [3.63, 3.8) is 0 Å². The number of benzene rings is 1. The topological polar surface area (TPSA) is 42.7 Å². The second-order valence-electron chi connectivity index (χ2n) is 7.53. The molecule has 2 aliphatic carbocycles. The van der Waals surface area contributed by atoms with Gasteiger partial charge in [-0.15, -0.1) is 0 Å². The Morgan fingerprint density at radius 1 is 1.12 bits per heavy atom. The SMILES string of the molecule is Cc1c2c(cc3c4c(c(=O)oc13)CCC4)CN(C1CCCC1)CO2. The van der Waals surface area contributed by atoms with Gasteiger partial charge in [0.05, 0.1) is 0 Å². The zero-order chi connectivity index (χ0) is 16.3. The first-order valence-corrected chi connectivity index (χ1v) is 9.20. The molecule has 1 aromatic heterocycles. The second-order valence-corrected chi connectivity index (χ2v) is 7.53. The molecule has 2 aromatic rings. The fraction of sp³-hybridized carbons (Fsp3) is 0.550. The van der Waals surface area contributed by atoms with Crippen LogP contribution in [-0.4, -0.2) is 17.7 Å². The lowest BCUT2D eigenvalue weighted by molar-refractivity contribution is 0.0574. The van der Waals surface area contributed by atoms with Crippen LogP contribution in [0.25, 0.3) is 11.0 Å². The highest BCUT2D eigenvalue weighted by atomic mass is 16.5. The van der Waals surface area contributed by atoms with Crippen molar-refractivity contribution < 1.29 is 9.15 Å². The van der Waals surface area contributed by atoms with E-state index in [1.165, 1.54) is 36.8 Å². The van der Waals surface area contributed by atoms with Gasteiger partial charge in [0.1, 0.15) is 18.1 Å². The lowest BCUT2D eigenvalue weighted by atomic mass is 9.98. The summed E-state index contributed by atoms with van der Waals surface area (Å²) in [5.41, 5.74) is 4.92. The number of aryl methyl sites for hydroxylation is 2. The summed E-state index contributed by atoms with van der Waals surface area (Å²) in [7, 11) is 0. The van der Waals surface area contributed by atoms with Crippen LogP contribution in [0.15, 0.2) is 15.3 Å². The molecule has 0 radical (unpaired) electrons. The van der Waals surface area contributed by atoms with E-state index in [1.54, 1.807) is 0 Å². The second kappa shape index (κ2) is 5.35. The summed E-state index contributed by atoms with van der Waals surface area (Å²) < 4.78 is 11.8. The molecule has 24 heavy (non-hydrogen) atoms. The molecule has 5 rings (SSSR count). The zero-order valence-electron chi connectivity index (χ0n) is 14.2. The van der Waals surface area contributed by atoms with Crippen LogP contribution in [0.4, 0.5) is 0 Å². The van der Waals surface area contributed by atoms with Crippen molar-refractivity contribution in [1.29, 1.82) is 0 Å². The predicted molar refractivity (Wildman–Crippen MR) is 92.5 cm³/mol. The van der Waals surface area contributed by atoms with Crippen LogP contribution in [0.3, 0.4) is 0 Å². The van der Waals surface area contributed by atoms with Gasteiger partial charge >= 0.3 is 5.63 Å². The highest BCUT2D eigenvalue weighted by Gasteiger charge is 2.30. The highest BCUT2D eigenvalue weighted by Crippen LogP contribution is 2.39. The van der Waals surface area contributed by atoms with Crippen LogP contribution in [0.1, 0.15) is 54.4 Å². The number of hydrogen-bond donors (Lipinski definition) is 0. The van der Waals surface area contributed by atoms with E-state index in [2.05, 4.69) is 11.0 Å². The third kappa shape index (κ3) is 2.05. The molecule has 3 aliphatic rings. The molecule has 0 bridgehead atoms. The van der Waals surface area contributed by atoms with Crippen molar-refractivity contribution in [1.82, 2.24) is 4.90 Å². The van der Waals surface area contributed by atoms with Gasteiger partial charge in [0.2, 0.25) is 0 Å². The molecule has 0 amide bonds. The molecule has 0 saturated heterocycles. The molecule has 4 nitrogen and oxygen atoms in total. The van der Waals surface area contributed by atoms with E-state index in [-0.39, 0.29) is 5.63 Å². The van der Waals surface area contributed by atoms with Gasteiger partial charge in [-0.2, -0.15) is 0 Å². The van der Waals surface area contributed by atoms with E-state index in [1.807, 2.05) is 6.92 Å². The molecular formula is C20H23NO3. The molecule has 126 valence electrons. The maximum atomic E-state index is 12.3. The summed E-state index contributed by atoms with van der Waals surface area (Å²) in [6.45, 7) is 3.63. The van der Waals surface area contributed by atoms with Gasteiger partial charge in [0.25, 0.3) is 0 Å². The van der Waals surface area contributed by atoms with Crippen LogP contribution < -0.4 is 10.4 Å². The van der Waals surface area contributed by atoms with E-state index < -0.39 is 0 Å². The van der Waals surface area contributed by atoms with Gasteiger partial charge < -0.3 is 9.15 Å². The molecule has 0 unspecified atom stereocenters. The predicted octanol–water partition coefficient (Wildman–Crippen LogP) is 3.68. The Bertz CT molecular complexity index is 877. The van der Waals surface area contributed by atoms with Gasteiger partial charge in [-0.25, -0.2) is 4.79 Å². The van der Waals surface area contributed by atoms with Gasteiger partial charge in [0.15, 0.2) is 0 Å². The fourth-order valence-corrected chi connectivity index (χ4v) is 4.86. The minimum atomic E-state index is -0.151. The van der Waals surface area contributed by atoms with Gasteiger partial charge in [-0.3, -0.25) is 4.90 Å². The maximum Gasteiger partial charge on any atom is 0.339 e. The highest BCUT2D eigenvalue weighted by molar-refractivity contribution is 5.87. The summed E-state index contributed by atoms with van der Waals surface area (Å²) in [5, 5.41) is 1.13. The van der Waals surface area contributed by atoms with Gasteiger partial charge in [-0.05, 0) is 50.7 Å². The van der Waals surface area contributed by atoms with Crippen molar-refractivity contribution in [2.45, 2.75) is 64.5 Å². The van der Waals surface area contributed by atoms with E-state index in [0.717, 1.165) is 53.7 Å². The number of hydrogen-bond acceptors (Lipinski definition) is 4. The third-order valence-corrected chi connectivity index (χ3v) is 6.11. The molecule has 0 spiro atoms. The van der Waals surface area contributed by atoms with Crippen LogP contribution in [0, 0.1) is 6.92 Å². The van der Waals surface area contributed by atoms with E-state index in [4.69, 9.17) is 9.15 Å². The first-order chi connectivity index (χ1) is 11.7. The largest absolute Gasteiger partial charge is 0.477 e. The Kier molecular flexibility index (Phi) is 3.24. The number of nitrogens with zero attached hydrogens (tertiary/aromatic N) is 1. The molecule has 1 fully saturated rings. The van der Waals surface area contributed by atoms with Crippen LogP contribution in [0.5, 0.6) is 5.75 Å². The molecule has 0 atom stereocenters. The summed E-state index contributed by atoms with van der Waals surface area (Å²) in [6, 6.07) is 2.89. The van der Waals surface area contributed by atoms with E-state index >= 15 is 0 Å². The van der Waals surface area contributed by atoms with Crippen LogP contribution in [0.2, 0.25) is 0 Å². The Balaban J connectivity index is 1.65. The molecule has 2 heterocycles. The Labute approximate surface area is 141 Å². The summed E-state index contributed by atoms with van der Waals surface area (Å²) >= 11 is 0. The molecule has 4 heteroatoms. The summed E-state index contributed by atoms with van der Waals surface area (Å²) in [6.07, 6.45) is 8.15. The van der Waals surface area contributed by atoms with Crippen molar-refractivity contribution in [2.75, 3.05) is 6.73 Å². The van der Waals surface area contributed by atoms with Crippen molar-refractivity contribution in [2.24, 2.45) is 0 Å². The van der Waals surface area contributed by atoms with Crippen molar-refractivity contribution >= 4 is 11.0 Å². The molecular weight excluding hydrogens is 302 g/mol. The maximum absolute atomic E-state index is 12.3. The lowest BCUT2D eigenvalue weighted by Crippen LogP contribution is -2.39. The standard InChI is InChI=1S/C20H23NO3/c1-12-18-13(10-21(11-23-18)14-5-2-3-6-14)9-17-15-7-4-8-16(15)20(22)24-19(12)17/h9,14H,2-8,10-11H2,1H3. The first-order valence-electron chi connectivity index (χ1n) is 9.20. The third-order valence-electron chi connectivity index (χ3n) is 6.11. The average molecular weight is 325 g/mol. The monoisotopic (exact) mass is 325 g/mol. The van der Waals surface area contributed by atoms with Crippen molar-refractivity contribution in [3.8, 4) is 5.75 Å². The number of rotatable bonds is 1. The smallest absolute Gasteiger partial charge is 0.339 e. The summed E-state index contributed by atoms with van der Waals surface area (Å²) in [5.74, 6) is 0.929. The van der Waals surface area contributed by atoms with Crippen LogP contribution in [-0.2, 0) is 19.4 Å². The van der Waals surface area contributed by atoms with Crippen LogP contribution >= 0.6 is 0 Å². The molecule has 1 aromatic carbocycles. The molecule has 1 aliphatic heterocycles. The lowest BCUT2D eigenvalue weighted by Gasteiger charge is -2.34. The average Bonchev–Trinajstić information content (AvgIpc) is 3.28. The number of ether oxygens (including phenoxy) is 1. The van der Waals surface area contributed by atoms with Gasteiger partial charge in [0, 0.05) is 34.7 Å². The van der Waals surface area contributed by atoms with Crippen molar-refractivity contribution in [3.05, 3.63) is 38.7 Å². The summed E-state index contributed by atoms with van der Waals surface area (Å²) in [4.78, 5) is 14.7. The Morgan fingerprint density at radius 2 is 1.92 bits per heavy atom. The van der Waals surface area contributed by atoms with Gasteiger partial charge in [-0.1, -0.05) is 12.8 Å². The minimum Gasteiger partial charge on any atom is -0.477 e. The zero-order valence-corrected chi connectivity index (χ0v) is 14.2. The first kappa shape index (κ1) is 14.5. The Morgan fingerprint density at radius 3 is 2.75 bits per heavy atom. The molecule has 1 saturated carbocycles. The quantitative estimate of drug-likeness (QED) is 0.750. The van der Waals surface area contributed by atoms with E-state index in [0.29, 0.717) is 12.8 Å². The fourth-order valence-electron chi connectivity index (χ4n) is 4.86.